The molecule has 0 bridgehead atoms. The Morgan fingerprint density at radius 1 is 0.500 bits per heavy atom. The van der Waals surface area contributed by atoms with E-state index in [1.165, 1.54) is 0 Å². The van der Waals surface area contributed by atoms with Gasteiger partial charge in [-0.2, -0.15) is 0 Å². The zero-order valence-electron chi connectivity index (χ0n) is 6.68. The predicted molar refractivity (Wildman–Crippen MR) is 31.5 cm³/mol. The van der Waals surface area contributed by atoms with Gasteiger partial charge in [-0.05, 0) is 0 Å². The molecule has 0 saturated carbocycles. The van der Waals surface area contributed by atoms with Crippen LogP contribution in [0.1, 0.15) is 0 Å². The van der Waals surface area contributed by atoms with Crippen LogP contribution in [0.3, 0.4) is 0 Å². The molecular weight excluding hydrogens is 225 g/mol. The maximum Gasteiger partial charge on any atom is 2.00 e. The predicted octanol–water partition coefficient (Wildman–Crippen LogP) is -7.79. The van der Waals surface area contributed by atoms with Gasteiger partial charge in [0.25, 0.3) is 0 Å². The van der Waals surface area contributed by atoms with E-state index in [9.17, 15) is 0 Å². The molecule has 10 heteroatoms. The molecule has 0 N–H and O–H groups in total. The van der Waals surface area contributed by atoms with E-state index in [0.29, 0.717) is 0 Å². The summed E-state index contributed by atoms with van der Waals surface area (Å²) in [4.78, 5) is 35.7. The summed E-state index contributed by atoms with van der Waals surface area (Å²) in [5, 5.41) is 35.7. The van der Waals surface area contributed by atoms with Gasteiger partial charge in [-0.25, -0.2) is 0 Å². The van der Waals surface area contributed by atoms with E-state index in [1.54, 1.807) is 0 Å². The smallest absolute Gasteiger partial charge is 0.543 e. The van der Waals surface area contributed by atoms with E-state index in [0.717, 1.165) is 0 Å². The number of rotatable bonds is 0. The van der Waals surface area contributed by atoms with Crippen molar-refractivity contribution < 1.29 is 39.6 Å². The standard InChI is InChI=1S/2C2H2O4.2Mg/c2*3-1(4)2(5)6;;/h2*(H,3,4)(H,5,6);;/q;;2*+2/p-4. The molecule has 0 radical (unpaired) electrons. The zero-order valence-corrected chi connectivity index (χ0v) is 9.51. The van der Waals surface area contributed by atoms with E-state index < -0.39 is 23.9 Å². The fourth-order valence-corrected chi connectivity index (χ4v) is 0. The number of carboxylic acid groups (broad SMARTS) is 4. The van der Waals surface area contributed by atoms with Crippen molar-refractivity contribution in [2.24, 2.45) is 0 Å². The Balaban J connectivity index is -0.0000000625. The van der Waals surface area contributed by atoms with Crippen LogP contribution < -0.4 is 20.4 Å². The molecule has 0 rings (SSSR count). The normalized spacial score (nSPS) is 6.29. The summed E-state index contributed by atoms with van der Waals surface area (Å²) in [5.74, 6) is -8.74. The third-order valence-corrected chi connectivity index (χ3v) is 0.333. The average Bonchev–Trinajstić information content (AvgIpc) is 1.88. The van der Waals surface area contributed by atoms with Crippen molar-refractivity contribution >= 4 is 70.0 Å². The Labute approximate surface area is 109 Å². The van der Waals surface area contributed by atoms with E-state index in [-0.39, 0.29) is 46.1 Å². The van der Waals surface area contributed by atoms with Crippen LogP contribution in [0.15, 0.2) is 0 Å². The van der Waals surface area contributed by atoms with Crippen molar-refractivity contribution in [3.05, 3.63) is 0 Å². The van der Waals surface area contributed by atoms with Crippen molar-refractivity contribution in [1.29, 1.82) is 0 Å². The fourth-order valence-electron chi connectivity index (χ4n) is 0. The van der Waals surface area contributed by atoms with Crippen LogP contribution in [0.25, 0.3) is 0 Å². The van der Waals surface area contributed by atoms with Gasteiger partial charge in [-0.15, -0.1) is 0 Å². The van der Waals surface area contributed by atoms with Crippen LogP contribution in [-0.4, -0.2) is 70.0 Å². The zero-order chi connectivity index (χ0) is 10.3. The SMILES string of the molecule is O=C([O-])C(=O)[O-].O=C([O-])C(=O)[O-].[Mg+2].[Mg+2]. The molecule has 0 atom stereocenters. The van der Waals surface area contributed by atoms with Crippen LogP contribution in [0.2, 0.25) is 0 Å². The molecule has 0 heterocycles. The Hall–Kier alpha value is -0.588. The Kier molecular flexibility index (Phi) is 20.7. The molecule has 0 aromatic rings. The van der Waals surface area contributed by atoms with Crippen molar-refractivity contribution in [2.75, 3.05) is 0 Å². The fraction of sp³-hybridized carbons (Fsp3) is 0. The monoisotopic (exact) mass is 224 g/mol. The first kappa shape index (κ1) is 23.3. The van der Waals surface area contributed by atoms with E-state index in [4.69, 9.17) is 39.6 Å². The first-order valence-corrected chi connectivity index (χ1v) is 2.13. The van der Waals surface area contributed by atoms with Gasteiger partial charge in [-0.3, -0.25) is 0 Å². The van der Waals surface area contributed by atoms with Crippen molar-refractivity contribution in [3.8, 4) is 0 Å². The molecule has 0 aliphatic rings. The van der Waals surface area contributed by atoms with Crippen LogP contribution in [0.4, 0.5) is 0 Å². The second kappa shape index (κ2) is 12.4. The molecule has 0 aliphatic carbocycles. The first-order chi connectivity index (χ1) is 5.29. The minimum atomic E-state index is -2.19. The summed E-state index contributed by atoms with van der Waals surface area (Å²) in [6, 6.07) is 0. The summed E-state index contributed by atoms with van der Waals surface area (Å²) in [5.41, 5.74) is 0. The van der Waals surface area contributed by atoms with E-state index in [2.05, 4.69) is 0 Å². The maximum absolute atomic E-state index is 8.93. The van der Waals surface area contributed by atoms with Gasteiger partial charge in [0.05, 0.1) is 23.9 Å². The number of carbonyl (C=O) groups excluding carboxylic acids is 4. The minimum Gasteiger partial charge on any atom is -0.543 e. The molecular formula is C4Mg2O8. The van der Waals surface area contributed by atoms with Gasteiger partial charge in [0.15, 0.2) is 0 Å². The number of hydrogen-bond acceptors (Lipinski definition) is 8. The maximum atomic E-state index is 8.93. The number of aliphatic carboxylic acids is 4. The van der Waals surface area contributed by atoms with Gasteiger partial charge < -0.3 is 39.6 Å². The molecule has 14 heavy (non-hydrogen) atoms. The van der Waals surface area contributed by atoms with E-state index in [1.807, 2.05) is 0 Å². The molecule has 0 spiro atoms. The number of carbonyl (C=O) groups is 4. The van der Waals surface area contributed by atoms with E-state index >= 15 is 0 Å². The topological polar surface area (TPSA) is 161 Å². The van der Waals surface area contributed by atoms with Gasteiger partial charge in [-0.1, -0.05) is 0 Å². The molecule has 0 fully saturated rings. The summed E-state index contributed by atoms with van der Waals surface area (Å²) in [6.07, 6.45) is 0. The van der Waals surface area contributed by atoms with Crippen molar-refractivity contribution in [2.45, 2.75) is 0 Å². The molecule has 0 aliphatic heterocycles. The summed E-state index contributed by atoms with van der Waals surface area (Å²) >= 11 is 0. The molecule has 0 saturated heterocycles. The second-order valence-electron chi connectivity index (χ2n) is 1.15. The van der Waals surface area contributed by atoms with Crippen LogP contribution in [0, 0.1) is 0 Å². The molecule has 0 unspecified atom stereocenters. The quantitative estimate of drug-likeness (QED) is 0.289. The van der Waals surface area contributed by atoms with Crippen LogP contribution in [-0.2, 0) is 19.2 Å². The summed E-state index contributed by atoms with van der Waals surface area (Å²) in [7, 11) is 0. The van der Waals surface area contributed by atoms with Gasteiger partial charge in [0, 0.05) is 0 Å². The third-order valence-electron chi connectivity index (χ3n) is 0.333. The second-order valence-corrected chi connectivity index (χ2v) is 1.15. The Bertz CT molecular complexity index is 175. The number of hydrogen-bond donors (Lipinski definition) is 0. The molecule has 0 aromatic heterocycles. The van der Waals surface area contributed by atoms with Gasteiger partial charge in [0.2, 0.25) is 0 Å². The third kappa shape index (κ3) is 22.5. The Morgan fingerprint density at radius 3 is 0.571 bits per heavy atom. The summed E-state index contributed by atoms with van der Waals surface area (Å²) < 4.78 is 0. The average molecular weight is 225 g/mol. The Morgan fingerprint density at radius 2 is 0.571 bits per heavy atom. The van der Waals surface area contributed by atoms with Gasteiger partial charge in [0.1, 0.15) is 0 Å². The van der Waals surface area contributed by atoms with Crippen LogP contribution >= 0.6 is 0 Å². The van der Waals surface area contributed by atoms with Crippen molar-refractivity contribution in [1.82, 2.24) is 0 Å². The minimum absolute atomic E-state index is 0. The molecule has 68 valence electrons. The molecule has 8 nitrogen and oxygen atoms in total. The largest absolute Gasteiger partial charge is 2.00 e. The molecule has 0 amide bonds. The van der Waals surface area contributed by atoms with Crippen LogP contribution in [0.5, 0.6) is 0 Å². The molecule has 0 aromatic carbocycles. The summed E-state index contributed by atoms with van der Waals surface area (Å²) in [6.45, 7) is 0. The van der Waals surface area contributed by atoms with Gasteiger partial charge >= 0.3 is 46.1 Å². The number of carboxylic acids is 4. The van der Waals surface area contributed by atoms with Crippen molar-refractivity contribution in [3.63, 3.8) is 0 Å². The first-order valence-electron chi connectivity index (χ1n) is 2.13.